The summed E-state index contributed by atoms with van der Waals surface area (Å²) in [5.74, 6) is 1.72. The molecule has 4 aromatic rings. The Labute approximate surface area is 192 Å². The van der Waals surface area contributed by atoms with Crippen molar-refractivity contribution in [2.75, 3.05) is 21.3 Å². The molecule has 2 aromatic heterocycles. The summed E-state index contributed by atoms with van der Waals surface area (Å²) >= 11 is 0. The van der Waals surface area contributed by atoms with E-state index in [1.54, 1.807) is 27.4 Å². The van der Waals surface area contributed by atoms with E-state index in [0.717, 1.165) is 39.1 Å². The normalized spacial score (nSPS) is 11.1. The van der Waals surface area contributed by atoms with E-state index >= 15 is 0 Å². The molecule has 33 heavy (non-hydrogen) atoms. The highest BCUT2D eigenvalue weighted by Crippen LogP contribution is 2.34. The van der Waals surface area contributed by atoms with E-state index in [1.165, 1.54) is 0 Å². The fourth-order valence-electron chi connectivity index (χ4n) is 4.09. The molecule has 0 aliphatic rings. The van der Waals surface area contributed by atoms with Crippen LogP contribution in [-0.4, -0.2) is 41.8 Å². The Hall–Kier alpha value is -3.81. The van der Waals surface area contributed by atoms with Gasteiger partial charge in [0.15, 0.2) is 17.1 Å². The average Bonchev–Trinajstić information content (AvgIpc) is 3.20. The molecule has 0 bridgehead atoms. The van der Waals surface area contributed by atoms with Crippen LogP contribution in [-0.2, 0) is 17.8 Å². The Kier molecular flexibility index (Phi) is 6.35. The first-order chi connectivity index (χ1) is 16.0. The minimum Gasteiger partial charge on any atom is -0.496 e. The molecule has 4 rings (SSSR count). The van der Waals surface area contributed by atoms with Crippen molar-refractivity contribution in [2.45, 2.75) is 33.2 Å². The minimum atomic E-state index is -0.0589. The zero-order chi connectivity index (χ0) is 23.5. The number of nitrogens with zero attached hydrogens (tertiary/aromatic N) is 3. The van der Waals surface area contributed by atoms with Crippen molar-refractivity contribution < 1.29 is 19.0 Å². The first-order valence-electron chi connectivity index (χ1n) is 10.8. The summed E-state index contributed by atoms with van der Waals surface area (Å²) in [6.45, 7) is 4.33. The molecule has 1 amide bonds. The summed E-state index contributed by atoms with van der Waals surface area (Å²) in [4.78, 5) is 17.4. The van der Waals surface area contributed by atoms with Crippen molar-refractivity contribution in [2.24, 2.45) is 0 Å². The van der Waals surface area contributed by atoms with Crippen molar-refractivity contribution in [3.8, 4) is 17.2 Å². The lowest BCUT2D eigenvalue weighted by molar-refractivity contribution is -0.121. The molecule has 1 N–H and O–H groups in total. The molecular formula is C25H28N4O4. The zero-order valence-corrected chi connectivity index (χ0v) is 19.6. The van der Waals surface area contributed by atoms with E-state index in [-0.39, 0.29) is 5.91 Å². The number of hydrogen-bond acceptors (Lipinski definition) is 6. The molecule has 0 atom stereocenters. The molecule has 8 nitrogen and oxygen atoms in total. The standard InChI is InChI=1S/C25H28N4O4/c1-15-18(16(2)29-25(27-15)19-8-6-7-9-20(19)28-29)10-11-24(30)26-14-17-12-22(32-4)23(33-5)13-21(17)31-3/h6-9,12-13H,10-11,14H2,1-5H3,(H,26,30). The van der Waals surface area contributed by atoms with Gasteiger partial charge in [-0.3, -0.25) is 4.79 Å². The lowest BCUT2D eigenvalue weighted by atomic mass is 10.1. The monoisotopic (exact) mass is 448 g/mol. The summed E-state index contributed by atoms with van der Waals surface area (Å²) in [5, 5.41) is 8.68. The molecule has 2 heterocycles. The van der Waals surface area contributed by atoms with Gasteiger partial charge in [-0.05, 0) is 44.0 Å². The smallest absolute Gasteiger partial charge is 0.220 e. The highest BCUT2D eigenvalue weighted by atomic mass is 16.5. The molecule has 0 saturated carbocycles. The molecular weight excluding hydrogens is 420 g/mol. The molecule has 0 aliphatic heterocycles. The first-order valence-corrected chi connectivity index (χ1v) is 10.8. The molecule has 0 aliphatic carbocycles. The average molecular weight is 449 g/mol. The van der Waals surface area contributed by atoms with E-state index in [0.29, 0.717) is 36.6 Å². The summed E-state index contributed by atoms with van der Waals surface area (Å²) in [7, 11) is 4.73. The van der Waals surface area contributed by atoms with Gasteiger partial charge >= 0.3 is 0 Å². The van der Waals surface area contributed by atoms with Crippen LogP contribution in [0.15, 0.2) is 36.4 Å². The zero-order valence-electron chi connectivity index (χ0n) is 19.6. The van der Waals surface area contributed by atoms with Crippen LogP contribution in [0.5, 0.6) is 17.2 Å². The number of aromatic nitrogens is 3. The van der Waals surface area contributed by atoms with Gasteiger partial charge in [0.1, 0.15) is 5.75 Å². The fraction of sp³-hybridized carbons (Fsp3) is 0.320. The second kappa shape index (κ2) is 9.36. The lowest BCUT2D eigenvalue weighted by Crippen LogP contribution is -2.23. The van der Waals surface area contributed by atoms with Gasteiger partial charge in [0.2, 0.25) is 5.91 Å². The number of benzene rings is 2. The van der Waals surface area contributed by atoms with Crippen LogP contribution in [0.3, 0.4) is 0 Å². The molecule has 0 unspecified atom stereocenters. The molecule has 2 aromatic carbocycles. The van der Waals surface area contributed by atoms with Gasteiger partial charge in [0.05, 0.1) is 26.8 Å². The Morgan fingerprint density at radius 2 is 1.70 bits per heavy atom. The molecule has 8 heteroatoms. The van der Waals surface area contributed by atoms with Crippen LogP contribution in [0.1, 0.15) is 28.9 Å². The van der Waals surface area contributed by atoms with E-state index in [2.05, 4.69) is 10.4 Å². The van der Waals surface area contributed by atoms with Gasteiger partial charge in [-0.1, -0.05) is 12.1 Å². The number of nitrogens with one attached hydrogen (secondary N) is 1. The Bertz CT molecular complexity index is 1330. The molecule has 0 fully saturated rings. The van der Waals surface area contributed by atoms with E-state index in [4.69, 9.17) is 19.2 Å². The highest BCUT2D eigenvalue weighted by Gasteiger charge is 2.16. The van der Waals surface area contributed by atoms with Gasteiger partial charge in [0.25, 0.3) is 0 Å². The third kappa shape index (κ3) is 4.28. The highest BCUT2D eigenvalue weighted by molar-refractivity contribution is 5.92. The summed E-state index contributed by atoms with van der Waals surface area (Å²) in [6.07, 6.45) is 0.914. The Morgan fingerprint density at radius 3 is 2.42 bits per heavy atom. The van der Waals surface area contributed by atoms with Crippen LogP contribution in [0, 0.1) is 13.8 Å². The van der Waals surface area contributed by atoms with Crippen LogP contribution < -0.4 is 19.5 Å². The predicted octanol–water partition coefficient (Wildman–Crippen LogP) is 3.77. The quantitative estimate of drug-likeness (QED) is 0.442. The maximum absolute atomic E-state index is 12.6. The van der Waals surface area contributed by atoms with Crippen molar-refractivity contribution in [3.63, 3.8) is 0 Å². The van der Waals surface area contributed by atoms with Gasteiger partial charge in [-0.25, -0.2) is 9.50 Å². The van der Waals surface area contributed by atoms with Gasteiger partial charge in [-0.15, -0.1) is 0 Å². The molecule has 0 saturated heterocycles. The Morgan fingerprint density at radius 1 is 1.00 bits per heavy atom. The SMILES string of the molecule is COc1cc(OC)c(OC)cc1CNC(=O)CCc1c(C)nc2c3ccccc3nn2c1C. The molecule has 0 spiro atoms. The lowest BCUT2D eigenvalue weighted by Gasteiger charge is -2.15. The number of hydrogen-bond donors (Lipinski definition) is 1. The van der Waals surface area contributed by atoms with Gasteiger partial charge in [-0.2, -0.15) is 5.10 Å². The maximum atomic E-state index is 12.6. The van der Waals surface area contributed by atoms with Crippen molar-refractivity contribution in [3.05, 3.63) is 58.9 Å². The van der Waals surface area contributed by atoms with Crippen molar-refractivity contribution >= 4 is 22.5 Å². The second-order valence-corrected chi connectivity index (χ2v) is 7.81. The number of ether oxygens (including phenoxy) is 3. The maximum Gasteiger partial charge on any atom is 0.220 e. The van der Waals surface area contributed by atoms with Crippen molar-refractivity contribution in [1.29, 1.82) is 0 Å². The number of carbonyl (C=O) groups is 1. The third-order valence-corrected chi connectivity index (χ3v) is 5.88. The van der Waals surface area contributed by atoms with Crippen LogP contribution in [0.2, 0.25) is 0 Å². The second-order valence-electron chi connectivity index (χ2n) is 7.81. The Balaban J connectivity index is 1.48. The van der Waals surface area contributed by atoms with E-state index in [9.17, 15) is 4.79 Å². The fourth-order valence-corrected chi connectivity index (χ4v) is 4.09. The predicted molar refractivity (Wildman–Crippen MR) is 126 cm³/mol. The number of carbonyl (C=O) groups excluding carboxylic acids is 1. The minimum absolute atomic E-state index is 0.0589. The van der Waals surface area contributed by atoms with Gasteiger partial charge < -0.3 is 19.5 Å². The van der Waals surface area contributed by atoms with Crippen LogP contribution in [0.4, 0.5) is 0 Å². The largest absolute Gasteiger partial charge is 0.496 e. The third-order valence-electron chi connectivity index (χ3n) is 5.88. The number of fused-ring (bicyclic) bond motifs is 3. The molecule has 0 radical (unpaired) electrons. The van der Waals surface area contributed by atoms with E-state index in [1.807, 2.05) is 48.7 Å². The topological polar surface area (TPSA) is 87.0 Å². The number of amides is 1. The van der Waals surface area contributed by atoms with E-state index < -0.39 is 0 Å². The number of aryl methyl sites for hydroxylation is 2. The number of rotatable bonds is 8. The number of methoxy groups -OCH3 is 3. The summed E-state index contributed by atoms with van der Waals surface area (Å²) in [5.41, 5.74) is 5.51. The molecule has 172 valence electrons. The summed E-state index contributed by atoms with van der Waals surface area (Å²) in [6, 6.07) is 11.5. The summed E-state index contributed by atoms with van der Waals surface area (Å²) < 4.78 is 18.0. The first kappa shape index (κ1) is 22.4. The van der Waals surface area contributed by atoms with Crippen LogP contribution >= 0.6 is 0 Å². The van der Waals surface area contributed by atoms with Crippen LogP contribution in [0.25, 0.3) is 16.6 Å². The van der Waals surface area contributed by atoms with Gasteiger partial charge in [0, 0.05) is 41.4 Å². The van der Waals surface area contributed by atoms with Crippen molar-refractivity contribution in [1.82, 2.24) is 19.9 Å².